The van der Waals surface area contributed by atoms with Crippen LogP contribution in [-0.2, 0) is 11.3 Å². The van der Waals surface area contributed by atoms with Gasteiger partial charge in [0.05, 0.1) is 6.42 Å². The van der Waals surface area contributed by atoms with Crippen LogP contribution in [0.3, 0.4) is 0 Å². The number of aryl methyl sites for hydroxylation is 1. The summed E-state index contributed by atoms with van der Waals surface area (Å²) in [5.41, 5.74) is 1.93. The van der Waals surface area contributed by atoms with E-state index in [0.29, 0.717) is 13.1 Å². The summed E-state index contributed by atoms with van der Waals surface area (Å²) in [6, 6.07) is 5.71. The third-order valence-corrected chi connectivity index (χ3v) is 2.95. The first-order valence-corrected chi connectivity index (χ1v) is 6.14. The van der Waals surface area contributed by atoms with Crippen molar-refractivity contribution in [3.8, 4) is 5.75 Å². The highest BCUT2D eigenvalue weighted by Crippen LogP contribution is 2.21. The van der Waals surface area contributed by atoms with Gasteiger partial charge in [0.2, 0.25) is 0 Å². The number of aromatic hydroxyl groups is 1. The Hall–Kier alpha value is -1.55. The number of rotatable bonds is 6. The largest absolute Gasteiger partial charge is 0.508 e. The molecule has 0 aliphatic heterocycles. The number of nitrogens with zero attached hydrogens (tertiary/aromatic N) is 1. The number of hydrogen-bond donors (Lipinski definition) is 2. The Morgan fingerprint density at radius 2 is 2.06 bits per heavy atom. The van der Waals surface area contributed by atoms with Crippen molar-refractivity contribution in [2.24, 2.45) is 0 Å². The van der Waals surface area contributed by atoms with Crippen LogP contribution in [0.25, 0.3) is 0 Å². The zero-order valence-corrected chi connectivity index (χ0v) is 11.2. The van der Waals surface area contributed by atoms with Gasteiger partial charge in [-0.3, -0.25) is 9.69 Å². The summed E-state index contributed by atoms with van der Waals surface area (Å²) < 4.78 is 0. The third kappa shape index (κ3) is 4.37. The fourth-order valence-electron chi connectivity index (χ4n) is 1.82. The molecule has 0 saturated carbocycles. The summed E-state index contributed by atoms with van der Waals surface area (Å²) in [4.78, 5) is 12.7. The molecule has 0 bridgehead atoms. The maximum absolute atomic E-state index is 10.6. The first-order valence-electron chi connectivity index (χ1n) is 6.14. The van der Waals surface area contributed by atoms with E-state index >= 15 is 0 Å². The number of phenolic OH excluding ortho intramolecular Hbond substituents is 1. The summed E-state index contributed by atoms with van der Waals surface area (Å²) in [7, 11) is 0. The Labute approximate surface area is 108 Å². The van der Waals surface area contributed by atoms with Crippen LogP contribution >= 0.6 is 0 Å². The molecule has 18 heavy (non-hydrogen) atoms. The molecular formula is C14H21NO3. The molecule has 0 amide bonds. The summed E-state index contributed by atoms with van der Waals surface area (Å²) >= 11 is 0. The quantitative estimate of drug-likeness (QED) is 0.815. The highest BCUT2D eigenvalue weighted by atomic mass is 16.4. The lowest BCUT2D eigenvalue weighted by Crippen LogP contribution is -2.32. The van der Waals surface area contributed by atoms with E-state index in [0.717, 1.165) is 11.1 Å². The molecule has 0 heterocycles. The van der Waals surface area contributed by atoms with E-state index in [1.54, 1.807) is 6.07 Å². The minimum Gasteiger partial charge on any atom is -0.508 e. The van der Waals surface area contributed by atoms with Crippen molar-refractivity contribution >= 4 is 5.97 Å². The lowest BCUT2D eigenvalue weighted by atomic mass is 10.1. The van der Waals surface area contributed by atoms with Crippen molar-refractivity contribution in [3.63, 3.8) is 0 Å². The Bertz CT molecular complexity index is 416. The highest BCUT2D eigenvalue weighted by molar-refractivity contribution is 5.66. The van der Waals surface area contributed by atoms with Crippen molar-refractivity contribution in [3.05, 3.63) is 29.3 Å². The van der Waals surface area contributed by atoms with E-state index in [1.165, 1.54) is 0 Å². The standard InChI is InChI=1S/C14H21NO3/c1-10(2)15(7-6-14(17)18)9-12-8-11(3)4-5-13(12)16/h4-5,8,10,16H,6-7,9H2,1-3H3,(H,17,18). The van der Waals surface area contributed by atoms with E-state index in [-0.39, 0.29) is 18.2 Å². The molecule has 2 N–H and O–H groups in total. The molecule has 100 valence electrons. The number of phenols is 1. The van der Waals surface area contributed by atoms with Gasteiger partial charge >= 0.3 is 5.97 Å². The van der Waals surface area contributed by atoms with Crippen LogP contribution < -0.4 is 0 Å². The minimum absolute atomic E-state index is 0.116. The molecule has 0 spiro atoms. The van der Waals surface area contributed by atoms with Crippen molar-refractivity contribution in [1.82, 2.24) is 4.90 Å². The lowest BCUT2D eigenvalue weighted by Gasteiger charge is -2.26. The molecule has 0 unspecified atom stereocenters. The Morgan fingerprint density at radius 3 is 2.61 bits per heavy atom. The van der Waals surface area contributed by atoms with E-state index in [1.807, 2.05) is 37.8 Å². The molecule has 0 saturated heterocycles. The summed E-state index contributed by atoms with van der Waals surface area (Å²) in [5.74, 6) is -0.532. The lowest BCUT2D eigenvalue weighted by molar-refractivity contribution is -0.137. The number of carboxylic acid groups (broad SMARTS) is 1. The molecule has 0 aromatic heterocycles. The van der Waals surface area contributed by atoms with Gasteiger partial charge in [-0.15, -0.1) is 0 Å². The van der Waals surface area contributed by atoms with Gasteiger partial charge in [0.1, 0.15) is 5.75 Å². The fraction of sp³-hybridized carbons (Fsp3) is 0.500. The van der Waals surface area contributed by atoms with Gasteiger partial charge < -0.3 is 10.2 Å². The molecule has 4 nitrogen and oxygen atoms in total. The van der Waals surface area contributed by atoms with Crippen LogP contribution in [0.1, 0.15) is 31.4 Å². The molecule has 0 fully saturated rings. The maximum atomic E-state index is 10.6. The highest BCUT2D eigenvalue weighted by Gasteiger charge is 2.13. The average molecular weight is 251 g/mol. The first kappa shape index (κ1) is 14.5. The first-order chi connectivity index (χ1) is 8.40. The normalized spacial score (nSPS) is 11.2. The molecule has 0 aliphatic carbocycles. The van der Waals surface area contributed by atoms with Gasteiger partial charge in [-0.25, -0.2) is 0 Å². The number of hydrogen-bond acceptors (Lipinski definition) is 3. The second-order valence-corrected chi connectivity index (χ2v) is 4.84. The SMILES string of the molecule is Cc1ccc(O)c(CN(CCC(=O)O)C(C)C)c1. The molecule has 0 atom stereocenters. The van der Waals surface area contributed by atoms with Crippen molar-refractivity contribution in [2.75, 3.05) is 6.54 Å². The van der Waals surface area contributed by atoms with Gasteiger partial charge in [0.25, 0.3) is 0 Å². The average Bonchev–Trinajstić information content (AvgIpc) is 2.28. The van der Waals surface area contributed by atoms with Gasteiger partial charge in [0, 0.05) is 24.7 Å². The monoisotopic (exact) mass is 251 g/mol. The molecule has 0 aliphatic rings. The van der Waals surface area contributed by atoms with Crippen LogP contribution in [0.4, 0.5) is 0 Å². The Kier molecular flexibility index (Phi) is 5.16. The van der Waals surface area contributed by atoms with Crippen molar-refractivity contribution in [2.45, 2.75) is 39.8 Å². The van der Waals surface area contributed by atoms with Gasteiger partial charge in [-0.05, 0) is 26.8 Å². The predicted molar refractivity (Wildman–Crippen MR) is 70.6 cm³/mol. The number of carbonyl (C=O) groups is 1. The van der Waals surface area contributed by atoms with E-state index in [9.17, 15) is 9.90 Å². The van der Waals surface area contributed by atoms with Crippen LogP contribution in [0.2, 0.25) is 0 Å². The minimum atomic E-state index is -0.797. The topological polar surface area (TPSA) is 60.8 Å². The zero-order chi connectivity index (χ0) is 13.7. The second kappa shape index (κ2) is 6.40. The van der Waals surface area contributed by atoms with Crippen LogP contribution in [0.5, 0.6) is 5.75 Å². The van der Waals surface area contributed by atoms with Crippen LogP contribution in [-0.4, -0.2) is 33.7 Å². The Morgan fingerprint density at radius 1 is 1.39 bits per heavy atom. The number of carboxylic acids is 1. The predicted octanol–water partition coefficient (Wildman–Crippen LogP) is 2.39. The number of benzene rings is 1. The van der Waals surface area contributed by atoms with E-state index in [4.69, 9.17) is 5.11 Å². The van der Waals surface area contributed by atoms with Crippen molar-refractivity contribution < 1.29 is 15.0 Å². The van der Waals surface area contributed by atoms with E-state index < -0.39 is 5.97 Å². The van der Waals surface area contributed by atoms with Gasteiger partial charge in [-0.1, -0.05) is 17.7 Å². The van der Waals surface area contributed by atoms with Gasteiger partial charge in [-0.2, -0.15) is 0 Å². The summed E-state index contributed by atoms with van der Waals surface area (Å²) in [6.07, 6.45) is 0.116. The smallest absolute Gasteiger partial charge is 0.304 e. The molecule has 1 aromatic rings. The van der Waals surface area contributed by atoms with Crippen LogP contribution in [0.15, 0.2) is 18.2 Å². The molecule has 0 radical (unpaired) electrons. The maximum Gasteiger partial charge on any atom is 0.304 e. The Balaban J connectivity index is 2.76. The summed E-state index contributed by atoms with van der Waals surface area (Å²) in [5, 5.41) is 18.5. The molecular weight excluding hydrogens is 230 g/mol. The summed E-state index contributed by atoms with van der Waals surface area (Å²) in [6.45, 7) is 7.07. The van der Waals surface area contributed by atoms with Gasteiger partial charge in [0.15, 0.2) is 0 Å². The number of aliphatic carboxylic acids is 1. The fourth-order valence-corrected chi connectivity index (χ4v) is 1.82. The van der Waals surface area contributed by atoms with E-state index in [2.05, 4.69) is 0 Å². The molecule has 4 heteroatoms. The third-order valence-electron chi connectivity index (χ3n) is 2.95. The van der Waals surface area contributed by atoms with Crippen molar-refractivity contribution in [1.29, 1.82) is 0 Å². The molecule has 1 rings (SSSR count). The second-order valence-electron chi connectivity index (χ2n) is 4.84. The molecule has 1 aromatic carbocycles. The van der Waals surface area contributed by atoms with Crippen LogP contribution in [0, 0.1) is 6.92 Å². The zero-order valence-electron chi connectivity index (χ0n) is 11.2.